The molecule has 0 bridgehead atoms. The molecule has 0 aromatic carbocycles. The second kappa shape index (κ2) is 4.95. The van der Waals surface area contributed by atoms with Gasteiger partial charge in [-0.2, -0.15) is 0 Å². The van der Waals surface area contributed by atoms with E-state index >= 15 is 0 Å². The van der Waals surface area contributed by atoms with E-state index in [2.05, 4.69) is 4.74 Å². The van der Waals surface area contributed by atoms with Crippen LogP contribution in [0.3, 0.4) is 0 Å². The third-order valence-corrected chi connectivity index (χ3v) is 1.58. The minimum atomic E-state index is -1.47. The van der Waals surface area contributed by atoms with Crippen LogP contribution in [0.25, 0.3) is 0 Å². The number of aliphatic hydroxyl groups excluding tert-OH is 1. The van der Waals surface area contributed by atoms with Crippen LogP contribution in [0.5, 0.6) is 0 Å². The normalized spacial score (nSPS) is 13.2. The van der Waals surface area contributed by atoms with Crippen molar-refractivity contribution in [1.29, 1.82) is 0 Å². The quantitative estimate of drug-likeness (QED) is 0.664. The summed E-state index contributed by atoms with van der Waals surface area (Å²) in [5.41, 5.74) is -1.27. The predicted octanol–water partition coefficient (Wildman–Crippen LogP) is 0.252. The Morgan fingerprint density at radius 2 is 1.93 bits per heavy atom. The summed E-state index contributed by atoms with van der Waals surface area (Å²) < 4.78 is 9.37. The molecule has 1 atom stereocenters. The van der Waals surface area contributed by atoms with Crippen molar-refractivity contribution < 1.29 is 24.2 Å². The van der Waals surface area contributed by atoms with E-state index in [0.29, 0.717) is 0 Å². The fraction of sp³-hybridized carbons (Fsp3) is 0.778. The van der Waals surface area contributed by atoms with E-state index in [1.54, 1.807) is 6.92 Å². The molecule has 82 valence electrons. The van der Waals surface area contributed by atoms with Gasteiger partial charge in [-0.15, -0.1) is 0 Å². The van der Waals surface area contributed by atoms with Crippen molar-refractivity contribution in [2.75, 3.05) is 6.61 Å². The highest BCUT2D eigenvalue weighted by atomic mass is 16.6. The Bertz CT molecular complexity index is 221. The molecule has 0 aliphatic carbocycles. The molecule has 0 aromatic heterocycles. The number of hydrogen-bond donors (Lipinski definition) is 1. The monoisotopic (exact) mass is 204 g/mol. The molecule has 0 spiro atoms. The van der Waals surface area contributed by atoms with Gasteiger partial charge in [0, 0.05) is 6.92 Å². The third kappa shape index (κ3) is 3.74. The first-order valence-corrected chi connectivity index (χ1v) is 4.35. The molecule has 0 radical (unpaired) electrons. The lowest BCUT2D eigenvalue weighted by atomic mass is 10.0. The summed E-state index contributed by atoms with van der Waals surface area (Å²) in [7, 11) is 0. The van der Waals surface area contributed by atoms with Crippen molar-refractivity contribution in [3.05, 3.63) is 0 Å². The van der Waals surface area contributed by atoms with E-state index in [9.17, 15) is 14.7 Å². The molecule has 0 heterocycles. The van der Waals surface area contributed by atoms with E-state index in [1.165, 1.54) is 20.8 Å². The first-order valence-electron chi connectivity index (χ1n) is 4.35. The highest BCUT2D eigenvalue weighted by molar-refractivity contribution is 5.76. The number of hydrogen-bond acceptors (Lipinski definition) is 5. The molecular weight excluding hydrogens is 188 g/mol. The number of esters is 2. The number of aliphatic hydroxyl groups is 1. The topological polar surface area (TPSA) is 72.8 Å². The van der Waals surface area contributed by atoms with Crippen LogP contribution >= 0.6 is 0 Å². The van der Waals surface area contributed by atoms with Gasteiger partial charge in [-0.3, -0.25) is 4.79 Å². The lowest BCUT2D eigenvalue weighted by molar-refractivity contribution is -0.179. The molecular formula is C9H16O5. The fourth-order valence-corrected chi connectivity index (χ4v) is 0.931. The van der Waals surface area contributed by atoms with E-state index in [1.807, 2.05) is 0 Å². The second-order valence-electron chi connectivity index (χ2n) is 3.35. The number of ether oxygens (including phenoxy) is 2. The Morgan fingerprint density at radius 3 is 2.29 bits per heavy atom. The Balaban J connectivity index is 4.40. The lowest BCUT2D eigenvalue weighted by Crippen LogP contribution is -2.46. The Morgan fingerprint density at radius 1 is 1.43 bits per heavy atom. The largest absolute Gasteiger partial charge is 0.464 e. The molecule has 5 nitrogen and oxygen atoms in total. The van der Waals surface area contributed by atoms with Gasteiger partial charge in [0.25, 0.3) is 0 Å². The summed E-state index contributed by atoms with van der Waals surface area (Å²) in [6.45, 7) is 5.89. The van der Waals surface area contributed by atoms with Crippen LogP contribution in [-0.2, 0) is 19.1 Å². The molecule has 0 amide bonds. The van der Waals surface area contributed by atoms with Gasteiger partial charge >= 0.3 is 11.9 Å². The maximum atomic E-state index is 11.1. The summed E-state index contributed by atoms with van der Waals surface area (Å²) in [6, 6.07) is 0. The zero-order chi connectivity index (χ0) is 11.4. The second-order valence-corrected chi connectivity index (χ2v) is 3.35. The van der Waals surface area contributed by atoms with Crippen LogP contribution < -0.4 is 0 Å². The molecule has 0 unspecified atom stereocenters. The first kappa shape index (κ1) is 12.9. The van der Waals surface area contributed by atoms with Crippen LogP contribution in [0.2, 0.25) is 0 Å². The van der Waals surface area contributed by atoms with Crippen molar-refractivity contribution >= 4 is 11.9 Å². The van der Waals surface area contributed by atoms with Crippen LogP contribution in [0, 0.1) is 0 Å². The van der Waals surface area contributed by atoms with Crippen molar-refractivity contribution in [3.63, 3.8) is 0 Å². The summed E-state index contributed by atoms with van der Waals surface area (Å²) in [4.78, 5) is 21.8. The van der Waals surface area contributed by atoms with Gasteiger partial charge in [-0.25, -0.2) is 4.79 Å². The third-order valence-electron chi connectivity index (χ3n) is 1.58. The van der Waals surface area contributed by atoms with Crippen LogP contribution in [0.4, 0.5) is 0 Å². The van der Waals surface area contributed by atoms with Crippen LogP contribution in [-0.4, -0.2) is 35.4 Å². The maximum absolute atomic E-state index is 11.1. The van der Waals surface area contributed by atoms with Gasteiger partial charge in [0.15, 0.2) is 6.10 Å². The Labute approximate surface area is 83.0 Å². The number of carbonyl (C=O) groups excluding carboxylic acids is 2. The molecule has 0 aliphatic rings. The summed E-state index contributed by atoms with van der Waals surface area (Å²) in [5, 5.41) is 9.47. The van der Waals surface area contributed by atoms with Gasteiger partial charge in [-0.1, -0.05) is 0 Å². The number of rotatable bonds is 4. The molecule has 0 aromatic rings. The van der Waals surface area contributed by atoms with E-state index < -0.39 is 23.6 Å². The van der Waals surface area contributed by atoms with E-state index in [0.717, 1.165) is 0 Å². The fourth-order valence-electron chi connectivity index (χ4n) is 0.931. The smallest absolute Gasteiger partial charge is 0.339 e. The lowest BCUT2D eigenvalue weighted by Gasteiger charge is -2.28. The van der Waals surface area contributed by atoms with E-state index in [4.69, 9.17) is 4.74 Å². The highest BCUT2D eigenvalue weighted by Gasteiger charge is 2.37. The van der Waals surface area contributed by atoms with Gasteiger partial charge < -0.3 is 14.6 Å². The van der Waals surface area contributed by atoms with Crippen molar-refractivity contribution in [2.24, 2.45) is 0 Å². The molecule has 0 fully saturated rings. The van der Waals surface area contributed by atoms with Gasteiger partial charge in [0.1, 0.15) is 5.60 Å². The van der Waals surface area contributed by atoms with Gasteiger partial charge in [-0.05, 0) is 20.8 Å². The van der Waals surface area contributed by atoms with Crippen LogP contribution in [0.1, 0.15) is 27.7 Å². The Hall–Kier alpha value is -1.10. The van der Waals surface area contributed by atoms with Crippen molar-refractivity contribution in [3.8, 4) is 0 Å². The first-order chi connectivity index (χ1) is 6.31. The minimum absolute atomic E-state index is 0.173. The molecule has 0 rings (SSSR count). The highest BCUT2D eigenvalue weighted by Crippen LogP contribution is 2.16. The molecule has 0 saturated heterocycles. The average molecular weight is 204 g/mol. The SMILES string of the molecule is CCOC(=O)[C@@H](O)C(C)(C)OC(C)=O. The average Bonchev–Trinajstić information content (AvgIpc) is 2.01. The predicted molar refractivity (Wildman–Crippen MR) is 48.5 cm³/mol. The maximum Gasteiger partial charge on any atom is 0.339 e. The van der Waals surface area contributed by atoms with Crippen molar-refractivity contribution in [1.82, 2.24) is 0 Å². The standard InChI is InChI=1S/C9H16O5/c1-5-13-8(12)7(11)9(3,4)14-6(2)10/h7,11H,5H2,1-4H3/t7-/m1/s1. The van der Waals surface area contributed by atoms with E-state index in [-0.39, 0.29) is 6.61 Å². The number of carbonyl (C=O) groups is 2. The van der Waals surface area contributed by atoms with Crippen LogP contribution in [0.15, 0.2) is 0 Å². The summed E-state index contributed by atoms with van der Waals surface area (Å²) in [6.07, 6.45) is -1.47. The molecule has 0 aliphatic heterocycles. The van der Waals surface area contributed by atoms with Crippen molar-refractivity contribution in [2.45, 2.75) is 39.4 Å². The zero-order valence-corrected chi connectivity index (χ0v) is 8.86. The minimum Gasteiger partial charge on any atom is -0.464 e. The Kier molecular flexibility index (Phi) is 4.56. The summed E-state index contributed by atoms with van der Waals surface area (Å²) in [5.74, 6) is -1.35. The van der Waals surface area contributed by atoms with Gasteiger partial charge in [0.05, 0.1) is 6.61 Å². The van der Waals surface area contributed by atoms with Gasteiger partial charge in [0.2, 0.25) is 0 Å². The zero-order valence-electron chi connectivity index (χ0n) is 8.86. The summed E-state index contributed by atoms with van der Waals surface area (Å²) >= 11 is 0. The molecule has 5 heteroatoms. The molecule has 14 heavy (non-hydrogen) atoms. The molecule has 1 N–H and O–H groups in total. The molecule has 0 saturated carbocycles.